The van der Waals surface area contributed by atoms with Crippen molar-refractivity contribution in [3.63, 3.8) is 0 Å². The van der Waals surface area contributed by atoms with E-state index in [4.69, 9.17) is 4.74 Å². The normalized spacial score (nSPS) is 29.1. The van der Waals surface area contributed by atoms with Crippen molar-refractivity contribution in [1.29, 1.82) is 0 Å². The van der Waals surface area contributed by atoms with Gasteiger partial charge in [0.1, 0.15) is 0 Å². The first-order chi connectivity index (χ1) is 13.6. The Morgan fingerprint density at radius 1 is 1.21 bits per heavy atom. The summed E-state index contributed by atoms with van der Waals surface area (Å²) in [6.07, 6.45) is -5.34. The van der Waals surface area contributed by atoms with E-state index in [1.165, 1.54) is 24.3 Å². The van der Waals surface area contributed by atoms with Gasteiger partial charge in [-0.1, -0.05) is 12.1 Å². The number of halogens is 3. The molecule has 1 saturated heterocycles. The molecule has 1 N–H and O–H groups in total. The Morgan fingerprint density at radius 2 is 1.86 bits per heavy atom. The molecular weight excluding hydrogens is 387 g/mol. The number of rotatable bonds is 5. The molecule has 1 aliphatic carbocycles. The van der Waals surface area contributed by atoms with E-state index in [0.29, 0.717) is 37.9 Å². The molecule has 1 amide bonds. The third-order valence-electron chi connectivity index (χ3n) is 5.94. The fourth-order valence-corrected chi connectivity index (χ4v) is 4.50. The number of methoxy groups -OCH3 is 1. The third-order valence-corrected chi connectivity index (χ3v) is 5.94. The van der Waals surface area contributed by atoms with Crippen LogP contribution in [0.4, 0.5) is 18.9 Å². The molecule has 1 spiro atoms. The van der Waals surface area contributed by atoms with Crippen molar-refractivity contribution in [3.05, 3.63) is 29.8 Å². The number of nitrogens with zero attached hydrogens (tertiary/aromatic N) is 1. The fraction of sp³-hybridized carbons (Fsp3) is 0.667. The Kier molecular flexibility index (Phi) is 6.27. The Morgan fingerprint density at radius 3 is 2.41 bits per heavy atom. The van der Waals surface area contributed by atoms with Gasteiger partial charge in [-0.15, -0.1) is 0 Å². The zero-order valence-corrected chi connectivity index (χ0v) is 16.9. The highest BCUT2D eigenvalue weighted by Gasteiger charge is 2.52. The second-order valence-electron chi connectivity index (χ2n) is 8.27. The first-order valence-electron chi connectivity index (χ1n) is 9.92. The minimum absolute atomic E-state index is 0.00343. The average molecular weight is 415 g/mol. The lowest BCUT2D eigenvalue weighted by Crippen LogP contribution is -2.46. The molecule has 1 aliphatic heterocycles. The van der Waals surface area contributed by atoms with E-state index in [9.17, 15) is 23.1 Å². The highest BCUT2D eigenvalue weighted by molar-refractivity contribution is 6.00. The van der Waals surface area contributed by atoms with E-state index in [1.54, 1.807) is 4.90 Å². The number of carbonyl (C=O) groups excluding carboxylic acids is 1. The Labute approximate surface area is 168 Å². The van der Waals surface area contributed by atoms with Crippen LogP contribution >= 0.6 is 0 Å². The molecule has 162 valence electrons. The summed E-state index contributed by atoms with van der Waals surface area (Å²) < 4.78 is 49.5. The van der Waals surface area contributed by atoms with Crippen molar-refractivity contribution in [2.75, 3.05) is 18.6 Å². The molecule has 5 nitrogen and oxygen atoms in total. The monoisotopic (exact) mass is 415 g/mol. The van der Waals surface area contributed by atoms with E-state index in [-0.39, 0.29) is 23.7 Å². The molecule has 0 unspecified atom stereocenters. The number of hydrogen-bond donors (Lipinski definition) is 1. The summed E-state index contributed by atoms with van der Waals surface area (Å²) in [4.78, 5) is 14.9. The zero-order valence-electron chi connectivity index (χ0n) is 16.9. The summed E-state index contributed by atoms with van der Waals surface area (Å²) in [5.41, 5.74) is -0.0187. The van der Waals surface area contributed by atoms with Crippen LogP contribution in [0, 0.1) is 5.41 Å². The van der Waals surface area contributed by atoms with Crippen molar-refractivity contribution in [2.45, 2.75) is 70.1 Å². The van der Waals surface area contributed by atoms with Crippen LogP contribution in [0.25, 0.3) is 0 Å². The SMILES string of the molecule is CO[C@H](c1ccc(N2CC[C@]3(CC[C@H](O)[C@@H](OC(C)C)C3)C2=O)cc1)C(F)(F)F. The summed E-state index contributed by atoms with van der Waals surface area (Å²) in [7, 11) is 1.02. The minimum Gasteiger partial charge on any atom is -0.390 e. The van der Waals surface area contributed by atoms with Crippen molar-refractivity contribution in [2.24, 2.45) is 5.41 Å². The van der Waals surface area contributed by atoms with Crippen molar-refractivity contribution in [1.82, 2.24) is 0 Å². The summed E-state index contributed by atoms with van der Waals surface area (Å²) in [6.45, 7) is 4.29. The highest BCUT2D eigenvalue weighted by Crippen LogP contribution is 2.47. The van der Waals surface area contributed by atoms with Gasteiger partial charge in [0.2, 0.25) is 5.91 Å². The highest BCUT2D eigenvalue weighted by atomic mass is 19.4. The molecule has 0 radical (unpaired) electrons. The van der Waals surface area contributed by atoms with E-state index in [0.717, 1.165) is 7.11 Å². The second kappa shape index (κ2) is 8.24. The van der Waals surface area contributed by atoms with Gasteiger partial charge < -0.3 is 19.5 Å². The number of ether oxygens (including phenoxy) is 2. The van der Waals surface area contributed by atoms with Crippen LogP contribution < -0.4 is 4.90 Å². The molecule has 0 aromatic heterocycles. The van der Waals surface area contributed by atoms with Gasteiger partial charge in [-0.3, -0.25) is 4.79 Å². The van der Waals surface area contributed by atoms with Crippen LogP contribution in [0.2, 0.25) is 0 Å². The average Bonchev–Trinajstić information content (AvgIpc) is 2.94. The lowest BCUT2D eigenvalue weighted by molar-refractivity contribution is -0.215. The van der Waals surface area contributed by atoms with Gasteiger partial charge in [-0.05, 0) is 57.2 Å². The molecule has 3 rings (SSSR count). The lowest BCUT2D eigenvalue weighted by Gasteiger charge is -2.40. The number of aliphatic hydroxyl groups excluding tert-OH is 1. The summed E-state index contributed by atoms with van der Waals surface area (Å²) in [5.74, 6) is -0.0476. The summed E-state index contributed by atoms with van der Waals surface area (Å²) in [5, 5.41) is 10.2. The molecule has 0 bridgehead atoms. The van der Waals surface area contributed by atoms with Crippen LogP contribution in [-0.2, 0) is 14.3 Å². The number of carbonyl (C=O) groups is 1. The molecule has 2 aliphatic rings. The number of benzene rings is 1. The maximum atomic E-state index is 13.2. The molecule has 29 heavy (non-hydrogen) atoms. The number of hydrogen-bond acceptors (Lipinski definition) is 4. The van der Waals surface area contributed by atoms with Crippen LogP contribution in [0.1, 0.15) is 51.2 Å². The fourth-order valence-electron chi connectivity index (χ4n) is 4.50. The Bertz CT molecular complexity index is 722. The molecule has 2 fully saturated rings. The molecular formula is C21H28F3NO4. The van der Waals surface area contributed by atoms with E-state index in [1.807, 2.05) is 13.8 Å². The van der Waals surface area contributed by atoms with E-state index < -0.39 is 23.8 Å². The van der Waals surface area contributed by atoms with Gasteiger partial charge in [0.25, 0.3) is 0 Å². The maximum Gasteiger partial charge on any atom is 0.418 e. The van der Waals surface area contributed by atoms with Gasteiger partial charge in [0.05, 0.1) is 23.7 Å². The number of alkyl halides is 3. The smallest absolute Gasteiger partial charge is 0.390 e. The minimum atomic E-state index is -4.50. The first kappa shape index (κ1) is 22.1. The van der Waals surface area contributed by atoms with E-state index >= 15 is 0 Å². The van der Waals surface area contributed by atoms with Crippen LogP contribution in [-0.4, -0.2) is 49.2 Å². The van der Waals surface area contributed by atoms with Gasteiger partial charge in [-0.25, -0.2) is 0 Å². The molecule has 1 aromatic carbocycles. The lowest BCUT2D eigenvalue weighted by atomic mass is 9.70. The van der Waals surface area contributed by atoms with Gasteiger partial charge >= 0.3 is 6.18 Å². The number of anilines is 1. The van der Waals surface area contributed by atoms with Crippen molar-refractivity contribution in [3.8, 4) is 0 Å². The molecule has 1 saturated carbocycles. The van der Waals surface area contributed by atoms with Crippen LogP contribution in [0.15, 0.2) is 24.3 Å². The second-order valence-corrected chi connectivity index (χ2v) is 8.27. The van der Waals surface area contributed by atoms with Gasteiger partial charge in [0.15, 0.2) is 6.10 Å². The predicted octanol–water partition coefficient (Wildman–Crippen LogP) is 4.00. The quantitative estimate of drug-likeness (QED) is 0.790. The van der Waals surface area contributed by atoms with Crippen LogP contribution in [0.3, 0.4) is 0 Å². The predicted molar refractivity (Wildman–Crippen MR) is 102 cm³/mol. The molecule has 1 aromatic rings. The van der Waals surface area contributed by atoms with Crippen molar-refractivity contribution >= 4 is 11.6 Å². The zero-order chi connectivity index (χ0) is 21.4. The maximum absolute atomic E-state index is 13.2. The molecule has 8 heteroatoms. The Hall–Kier alpha value is -1.64. The summed E-state index contributed by atoms with van der Waals surface area (Å²) >= 11 is 0. The topological polar surface area (TPSA) is 59.0 Å². The third kappa shape index (κ3) is 4.44. The Balaban J connectivity index is 1.76. The number of amides is 1. The number of aliphatic hydroxyl groups is 1. The molecule has 1 heterocycles. The van der Waals surface area contributed by atoms with E-state index in [2.05, 4.69) is 4.74 Å². The van der Waals surface area contributed by atoms with Crippen LogP contribution in [0.5, 0.6) is 0 Å². The first-order valence-corrected chi connectivity index (χ1v) is 9.92. The standard InChI is InChI=1S/C21H28F3NO4/c1-13(2)29-17-12-20(9-8-16(17)26)10-11-25(19(20)27)15-6-4-14(5-7-15)18(28-3)21(22,23)24/h4-7,13,16-18,26H,8-12H2,1-3H3/t16-,17-,18+,20-/m0/s1. The van der Waals surface area contributed by atoms with Gasteiger partial charge in [-0.2, -0.15) is 13.2 Å². The summed E-state index contributed by atoms with van der Waals surface area (Å²) in [6, 6.07) is 5.77. The largest absolute Gasteiger partial charge is 0.418 e. The van der Waals surface area contributed by atoms with Crippen molar-refractivity contribution < 1.29 is 32.5 Å². The van der Waals surface area contributed by atoms with Gasteiger partial charge in [0, 0.05) is 19.3 Å². The molecule has 4 atom stereocenters.